The number of rotatable bonds is 4. The molecule has 0 spiro atoms. The Labute approximate surface area is 159 Å². The van der Waals surface area contributed by atoms with Crippen molar-refractivity contribution in [1.29, 1.82) is 0 Å². The van der Waals surface area contributed by atoms with Gasteiger partial charge in [-0.3, -0.25) is 24.3 Å². The topological polar surface area (TPSA) is 79.4 Å². The first-order valence-corrected chi connectivity index (χ1v) is 8.86. The number of imide groups is 1. The number of hydrogen-bond acceptors (Lipinski definition) is 5. The molecule has 2 heterocycles. The number of carbonyl (C=O) groups excluding carboxylic acids is 3. The number of hydrogen-bond donors (Lipinski definition) is 1. The summed E-state index contributed by atoms with van der Waals surface area (Å²) in [6.45, 7) is 1.47. The monoisotopic (exact) mass is 387 g/mol. The van der Waals surface area contributed by atoms with Crippen molar-refractivity contribution in [2.45, 2.75) is 6.92 Å². The smallest absolute Gasteiger partial charge is 0.294 e. The molecule has 0 bridgehead atoms. The third kappa shape index (κ3) is 4.30. The van der Waals surface area contributed by atoms with E-state index in [2.05, 4.69) is 10.3 Å². The average Bonchev–Trinajstić information content (AvgIpc) is 2.82. The molecule has 3 amide bonds. The molecule has 0 radical (unpaired) electrons. The zero-order valence-electron chi connectivity index (χ0n) is 13.7. The number of aromatic nitrogens is 1. The lowest BCUT2D eigenvalue weighted by Gasteiger charge is -2.12. The van der Waals surface area contributed by atoms with Crippen LogP contribution in [0.4, 0.5) is 10.5 Å². The van der Waals surface area contributed by atoms with Crippen LogP contribution in [-0.2, 0) is 9.59 Å². The number of anilines is 1. The summed E-state index contributed by atoms with van der Waals surface area (Å²) >= 11 is 6.66. The first-order chi connectivity index (χ1) is 12.4. The van der Waals surface area contributed by atoms with Gasteiger partial charge in [0.25, 0.3) is 11.1 Å². The first-order valence-electron chi connectivity index (χ1n) is 7.67. The fourth-order valence-electron chi connectivity index (χ4n) is 2.33. The van der Waals surface area contributed by atoms with Gasteiger partial charge in [-0.25, -0.2) is 0 Å². The lowest BCUT2D eigenvalue weighted by atomic mass is 10.3. The summed E-state index contributed by atoms with van der Waals surface area (Å²) in [4.78, 5) is 42.1. The predicted molar refractivity (Wildman–Crippen MR) is 102 cm³/mol. The molecule has 1 saturated heterocycles. The van der Waals surface area contributed by atoms with Gasteiger partial charge in [0, 0.05) is 16.4 Å². The summed E-state index contributed by atoms with van der Waals surface area (Å²) in [6, 6.07) is 12.0. The molecular formula is C18H14ClN3O3S. The maximum Gasteiger partial charge on any atom is 0.294 e. The summed E-state index contributed by atoms with van der Waals surface area (Å²) in [5.74, 6) is -0.992. The van der Waals surface area contributed by atoms with Gasteiger partial charge in [-0.2, -0.15) is 0 Å². The van der Waals surface area contributed by atoms with Crippen LogP contribution < -0.4 is 5.32 Å². The number of pyridine rings is 1. The zero-order valence-corrected chi connectivity index (χ0v) is 15.3. The predicted octanol–water partition coefficient (Wildman–Crippen LogP) is 3.72. The van der Waals surface area contributed by atoms with E-state index >= 15 is 0 Å². The van der Waals surface area contributed by atoms with Crippen molar-refractivity contribution in [1.82, 2.24) is 9.88 Å². The van der Waals surface area contributed by atoms with Crippen molar-refractivity contribution in [3.05, 3.63) is 63.8 Å². The molecule has 132 valence electrons. The average molecular weight is 388 g/mol. The molecule has 1 aromatic carbocycles. The standard InChI is InChI=1S/C18H14ClN3O3S/c1-11-4-2-6-14(20-11)9-15-17(24)22(18(25)26-15)10-16(23)21-13-7-3-5-12(19)8-13/h2-9H,10H2,1H3,(H,21,23)/b15-9+. The third-order valence-electron chi connectivity index (χ3n) is 3.47. The van der Waals surface area contributed by atoms with E-state index in [1.54, 1.807) is 36.4 Å². The largest absolute Gasteiger partial charge is 0.324 e. The van der Waals surface area contributed by atoms with Crippen LogP contribution >= 0.6 is 23.4 Å². The number of nitrogens with one attached hydrogen (secondary N) is 1. The molecule has 1 aliphatic heterocycles. The molecule has 0 atom stereocenters. The lowest BCUT2D eigenvalue weighted by molar-refractivity contribution is -0.127. The summed E-state index contributed by atoms with van der Waals surface area (Å²) in [6.07, 6.45) is 1.55. The van der Waals surface area contributed by atoms with Gasteiger partial charge in [0.2, 0.25) is 5.91 Å². The van der Waals surface area contributed by atoms with Crippen molar-refractivity contribution >= 4 is 52.2 Å². The summed E-state index contributed by atoms with van der Waals surface area (Å²) < 4.78 is 0. The Bertz CT molecular complexity index is 929. The normalized spacial score (nSPS) is 15.6. The molecule has 1 aromatic heterocycles. The first kappa shape index (κ1) is 18.2. The molecule has 1 N–H and O–H groups in total. The Kier molecular flexibility index (Phi) is 5.39. The van der Waals surface area contributed by atoms with Crippen molar-refractivity contribution in [2.75, 3.05) is 11.9 Å². The van der Waals surface area contributed by atoms with Crippen molar-refractivity contribution in [3.63, 3.8) is 0 Å². The second-order valence-corrected chi connectivity index (χ2v) is 6.96. The number of nitrogens with zero attached hydrogens (tertiary/aromatic N) is 2. The third-order valence-corrected chi connectivity index (χ3v) is 4.62. The Morgan fingerprint density at radius 1 is 1.27 bits per heavy atom. The van der Waals surface area contributed by atoms with Gasteiger partial charge in [-0.15, -0.1) is 0 Å². The van der Waals surface area contributed by atoms with Gasteiger partial charge >= 0.3 is 0 Å². The highest BCUT2D eigenvalue weighted by atomic mass is 35.5. The van der Waals surface area contributed by atoms with Gasteiger partial charge in [0.1, 0.15) is 6.54 Å². The molecule has 2 aromatic rings. The molecule has 8 heteroatoms. The quantitative estimate of drug-likeness (QED) is 0.809. The molecule has 0 aliphatic carbocycles. The highest BCUT2D eigenvalue weighted by molar-refractivity contribution is 8.18. The van der Waals surface area contributed by atoms with Crippen LogP contribution in [0.5, 0.6) is 0 Å². The minimum atomic E-state index is -0.510. The van der Waals surface area contributed by atoms with Crippen LogP contribution in [0.1, 0.15) is 11.4 Å². The van der Waals surface area contributed by atoms with Gasteiger partial charge in [0.15, 0.2) is 0 Å². The minimum Gasteiger partial charge on any atom is -0.324 e. The van der Waals surface area contributed by atoms with Crippen molar-refractivity contribution < 1.29 is 14.4 Å². The molecule has 26 heavy (non-hydrogen) atoms. The molecule has 3 rings (SSSR count). The number of aryl methyl sites for hydroxylation is 1. The molecular weight excluding hydrogens is 374 g/mol. The minimum absolute atomic E-state index is 0.239. The van der Waals surface area contributed by atoms with Crippen LogP contribution in [-0.4, -0.2) is 33.5 Å². The molecule has 1 aliphatic rings. The van der Waals surface area contributed by atoms with E-state index in [0.29, 0.717) is 16.4 Å². The number of amides is 3. The van der Waals surface area contributed by atoms with E-state index in [9.17, 15) is 14.4 Å². The number of thioether (sulfide) groups is 1. The van der Waals surface area contributed by atoms with E-state index in [4.69, 9.17) is 11.6 Å². The summed E-state index contributed by atoms with van der Waals surface area (Å²) in [5, 5.41) is 2.60. The number of benzene rings is 1. The fraction of sp³-hybridized carbons (Fsp3) is 0.111. The van der Waals surface area contributed by atoms with Gasteiger partial charge < -0.3 is 5.32 Å². The van der Waals surface area contributed by atoms with Gasteiger partial charge in [0.05, 0.1) is 10.6 Å². The van der Waals surface area contributed by atoms with E-state index in [-0.39, 0.29) is 11.4 Å². The van der Waals surface area contributed by atoms with Crippen LogP contribution in [0.25, 0.3) is 6.08 Å². The zero-order chi connectivity index (χ0) is 18.7. The second kappa shape index (κ2) is 7.72. The van der Waals surface area contributed by atoms with Crippen LogP contribution in [0.2, 0.25) is 5.02 Å². The number of halogens is 1. The van der Waals surface area contributed by atoms with E-state index in [0.717, 1.165) is 22.4 Å². The van der Waals surface area contributed by atoms with Gasteiger partial charge in [-0.05, 0) is 55.1 Å². The van der Waals surface area contributed by atoms with Gasteiger partial charge in [-0.1, -0.05) is 23.7 Å². The number of carbonyl (C=O) groups is 3. The van der Waals surface area contributed by atoms with E-state index in [1.165, 1.54) is 0 Å². The highest BCUT2D eigenvalue weighted by Crippen LogP contribution is 2.31. The molecule has 0 saturated carbocycles. The molecule has 1 fully saturated rings. The Hall–Kier alpha value is -2.64. The molecule has 6 nitrogen and oxygen atoms in total. The summed E-state index contributed by atoms with van der Waals surface area (Å²) in [5.41, 5.74) is 1.88. The second-order valence-electron chi connectivity index (χ2n) is 5.53. The summed E-state index contributed by atoms with van der Waals surface area (Å²) in [7, 11) is 0. The fourth-order valence-corrected chi connectivity index (χ4v) is 3.34. The van der Waals surface area contributed by atoms with Crippen molar-refractivity contribution in [3.8, 4) is 0 Å². The SMILES string of the molecule is Cc1cccc(/C=C2/SC(=O)N(CC(=O)Nc3cccc(Cl)c3)C2=O)n1. The Balaban J connectivity index is 1.70. The van der Waals surface area contributed by atoms with Crippen LogP contribution in [0.15, 0.2) is 47.4 Å². The Morgan fingerprint density at radius 3 is 2.77 bits per heavy atom. The molecule has 0 unspecified atom stereocenters. The van der Waals surface area contributed by atoms with E-state index in [1.807, 2.05) is 19.1 Å². The Morgan fingerprint density at radius 2 is 2.04 bits per heavy atom. The van der Waals surface area contributed by atoms with Crippen LogP contribution in [0.3, 0.4) is 0 Å². The van der Waals surface area contributed by atoms with Crippen LogP contribution in [0, 0.1) is 6.92 Å². The van der Waals surface area contributed by atoms with E-state index < -0.39 is 17.1 Å². The maximum atomic E-state index is 12.4. The van der Waals surface area contributed by atoms with Crippen molar-refractivity contribution in [2.24, 2.45) is 0 Å². The maximum absolute atomic E-state index is 12.4. The lowest BCUT2D eigenvalue weighted by Crippen LogP contribution is -2.36. The highest BCUT2D eigenvalue weighted by Gasteiger charge is 2.36.